The minimum absolute atomic E-state index is 1.01. The summed E-state index contributed by atoms with van der Waals surface area (Å²) in [5, 5.41) is 10.1. The van der Waals surface area contributed by atoms with Gasteiger partial charge in [0.15, 0.2) is 0 Å². The van der Waals surface area contributed by atoms with Crippen LogP contribution in [0.1, 0.15) is 24.5 Å². The van der Waals surface area contributed by atoms with Crippen molar-refractivity contribution in [2.24, 2.45) is 0 Å². The molecule has 0 fully saturated rings. The predicted octanol–water partition coefficient (Wildman–Crippen LogP) is 0.860. The molecular weight excluding hydrogens is 220 g/mol. The van der Waals surface area contributed by atoms with E-state index in [4.69, 9.17) is 0 Å². The van der Waals surface area contributed by atoms with Crippen LogP contribution in [0.5, 0.6) is 0 Å². The molecule has 0 spiro atoms. The Kier molecular flexibility index (Phi) is 2.21. The lowest BCUT2D eigenvalue weighted by Crippen LogP contribution is -2.54. The van der Waals surface area contributed by atoms with Gasteiger partial charge in [-0.1, -0.05) is 6.92 Å². The average Bonchev–Trinajstić information content (AvgIpc) is 2.70. The fourth-order valence-corrected chi connectivity index (χ4v) is 2.78. The molecule has 0 saturated carbocycles. The third-order valence-corrected chi connectivity index (χ3v) is 3.95. The van der Waals surface area contributed by atoms with Gasteiger partial charge < -0.3 is 5.32 Å². The second-order valence-electron chi connectivity index (χ2n) is 4.01. The zero-order valence-electron chi connectivity index (χ0n) is 9.50. The molecule has 0 amide bonds. The summed E-state index contributed by atoms with van der Waals surface area (Å²) < 4.78 is 2.31. The Labute approximate surface area is 98.7 Å². The van der Waals surface area contributed by atoms with Crippen LogP contribution >= 0.6 is 11.3 Å². The van der Waals surface area contributed by atoms with Gasteiger partial charge in [0.05, 0.1) is 17.2 Å². The number of fused-ring (bicyclic) bond motifs is 1. The Hall–Kier alpha value is -1.36. The summed E-state index contributed by atoms with van der Waals surface area (Å²) in [6, 6.07) is 0. The van der Waals surface area contributed by atoms with Gasteiger partial charge in [-0.05, 0) is 13.3 Å². The summed E-state index contributed by atoms with van der Waals surface area (Å²) in [5.74, 6) is 2.36. The SMILES string of the molecule is CCc1nc(C2=[N+]3CCNC(C)=C3N2)cs1. The lowest BCUT2D eigenvalue weighted by Gasteiger charge is -2.29. The van der Waals surface area contributed by atoms with Gasteiger partial charge in [-0.15, -0.1) is 11.3 Å². The fourth-order valence-electron chi connectivity index (χ4n) is 2.05. The molecule has 0 aromatic carbocycles. The van der Waals surface area contributed by atoms with Crippen LogP contribution in [0.3, 0.4) is 0 Å². The number of aryl methyl sites for hydroxylation is 1. The van der Waals surface area contributed by atoms with E-state index in [1.807, 2.05) is 0 Å². The first-order valence-corrected chi connectivity index (χ1v) is 6.48. The van der Waals surface area contributed by atoms with Crippen LogP contribution < -0.4 is 10.6 Å². The Bertz CT molecular complexity index is 498. The number of amidine groups is 1. The molecule has 0 aliphatic carbocycles. The monoisotopic (exact) mass is 235 g/mol. The molecule has 0 unspecified atom stereocenters. The van der Waals surface area contributed by atoms with Crippen molar-refractivity contribution in [1.82, 2.24) is 15.6 Å². The van der Waals surface area contributed by atoms with Crippen LogP contribution in [-0.2, 0) is 6.42 Å². The lowest BCUT2D eigenvalue weighted by molar-refractivity contribution is -0.511. The number of rotatable bonds is 2. The first-order chi connectivity index (χ1) is 7.79. The third-order valence-electron chi connectivity index (χ3n) is 2.95. The molecule has 0 atom stereocenters. The number of hydrogen-bond acceptors (Lipinski definition) is 4. The molecule has 0 saturated heterocycles. The van der Waals surface area contributed by atoms with Gasteiger partial charge in [0.2, 0.25) is 5.82 Å². The van der Waals surface area contributed by atoms with Crippen LogP contribution in [-0.4, -0.2) is 28.5 Å². The highest BCUT2D eigenvalue weighted by molar-refractivity contribution is 7.09. The zero-order chi connectivity index (χ0) is 11.1. The van der Waals surface area contributed by atoms with E-state index in [-0.39, 0.29) is 0 Å². The second-order valence-corrected chi connectivity index (χ2v) is 4.95. The highest BCUT2D eigenvalue weighted by Gasteiger charge is 2.34. The smallest absolute Gasteiger partial charge is 0.256 e. The van der Waals surface area contributed by atoms with Gasteiger partial charge in [-0.2, -0.15) is 0 Å². The number of allylic oxidation sites excluding steroid dienone is 1. The number of aromatic nitrogens is 1. The first-order valence-electron chi connectivity index (χ1n) is 5.60. The van der Waals surface area contributed by atoms with Crippen molar-refractivity contribution in [2.45, 2.75) is 20.3 Å². The average molecular weight is 235 g/mol. The summed E-state index contributed by atoms with van der Waals surface area (Å²) in [4.78, 5) is 4.60. The first kappa shape index (κ1) is 9.84. The minimum Gasteiger partial charge on any atom is -0.380 e. The number of thiazole rings is 1. The van der Waals surface area contributed by atoms with E-state index in [0.717, 1.165) is 31.0 Å². The van der Waals surface area contributed by atoms with Crippen molar-refractivity contribution in [3.8, 4) is 0 Å². The highest BCUT2D eigenvalue weighted by atomic mass is 32.1. The van der Waals surface area contributed by atoms with Gasteiger partial charge >= 0.3 is 0 Å². The maximum absolute atomic E-state index is 4.60. The molecule has 4 nitrogen and oxygen atoms in total. The standard InChI is InChI=1S/C11H14N4S/c1-3-9-13-8(6-16-9)11-14-10-7(2)12-4-5-15(10)11/h6,12H,3-5H2,1-2H3/p+1. The predicted molar refractivity (Wildman–Crippen MR) is 64.6 cm³/mol. The fraction of sp³-hybridized carbons (Fsp3) is 0.455. The maximum Gasteiger partial charge on any atom is 0.256 e. The van der Waals surface area contributed by atoms with Gasteiger partial charge in [-0.25, -0.2) is 14.9 Å². The van der Waals surface area contributed by atoms with E-state index in [2.05, 4.69) is 39.4 Å². The van der Waals surface area contributed by atoms with Gasteiger partial charge in [0, 0.05) is 11.9 Å². The van der Waals surface area contributed by atoms with Crippen molar-refractivity contribution in [1.29, 1.82) is 0 Å². The Morgan fingerprint density at radius 1 is 1.56 bits per heavy atom. The van der Waals surface area contributed by atoms with E-state index in [0.29, 0.717) is 0 Å². The molecule has 3 heterocycles. The van der Waals surface area contributed by atoms with Crippen LogP contribution in [0.15, 0.2) is 16.9 Å². The van der Waals surface area contributed by atoms with Gasteiger partial charge in [0.1, 0.15) is 5.69 Å². The Morgan fingerprint density at radius 2 is 2.44 bits per heavy atom. The van der Waals surface area contributed by atoms with Crippen LogP contribution in [0.2, 0.25) is 0 Å². The van der Waals surface area contributed by atoms with Crippen LogP contribution in [0.25, 0.3) is 0 Å². The molecule has 0 radical (unpaired) electrons. The van der Waals surface area contributed by atoms with E-state index in [1.165, 1.54) is 16.5 Å². The number of nitrogens with zero attached hydrogens (tertiary/aromatic N) is 2. The normalized spacial score (nSPS) is 18.9. The molecule has 84 valence electrons. The molecule has 2 aliphatic rings. The second kappa shape index (κ2) is 3.59. The van der Waals surface area contributed by atoms with Crippen molar-refractivity contribution < 1.29 is 4.58 Å². The van der Waals surface area contributed by atoms with E-state index in [1.54, 1.807) is 11.3 Å². The zero-order valence-corrected chi connectivity index (χ0v) is 10.3. The van der Waals surface area contributed by atoms with E-state index >= 15 is 0 Å². The van der Waals surface area contributed by atoms with Crippen LogP contribution in [0, 0.1) is 0 Å². The molecule has 16 heavy (non-hydrogen) atoms. The molecule has 5 heteroatoms. The van der Waals surface area contributed by atoms with Gasteiger partial charge in [-0.3, -0.25) is 0 Å². The molecule has 3 rings (SSSR count). The summed E-state index contributed by atoms with van der Waals surface area (Å²) in [6.45, 7) is 6.27. The van der Waals surface area contributed by atoms with Crippen LogP contribution in [0.4, 0.5) is 0 Å². The molecule has 2 aliphatic heterocycles. The summed E-state index contributed by atoms with van der Waals surface area (Å²) in [6.07, 6.45) is 1.02. The summed E-state index contributed by atoms with van der Waals surface area (Å²) in [7, 11) is 0. The number of hydrogen-bond donors (Lipinski definition) is 2. The van der Waals surface area contributed by atoms with Crippen molar-refractivity contribution in [3.05, 3.63) is 27.6 Å². The van der Waals surface area contributed by atoms with E-state index < -0.39 is 0 Å². The highest BCUT2D eigenvalue weighted by Crippen LogP contribution is 2.18. The topological polar surface area (TPSA) is 40.0 Å². The lowest BCUT2D eigenvalue weighted by atomic mass is 10.2. The van der Waals surface area contributed by atoms with Gasteiger partial charge in [0.25, 0.3) is 5.84 Å². The molecule has 2 N–H and O–H groups in total. The minimum atomic E-state index is 1.01. The summed E-state index contributed by atoms with van der Waals surface area (Å²) in [5.41, 5.74) is 2.31. The molecule has 0 bridgehead atoms. The molecule has 1 aromatic heterocycles. The number of nitrogens with one attached hydrogen (secondary N) is 2. The molecule has 1 aromatic rings. The summed E-state index contributed by atoms with van der Waals surface area (Å²) >= 11 is 1.74. The van der Waals surface area contributed by atoms with Crippen molar-refractivity contribution in [3.63, 3.8) is 0 Å². The van der Waals surface area contributed by atoms with E-state index in [9.17, 15) is 0 Å². The quantitative estimate of drug-likeness (QED) is 0.747. The third kappa shape index (κ3) is 1.35. The van der Waals surface area contributed by atoms with Crippen molar-refractivity contribution in [2.75, 3.05) is 13.1 Å². The maximum atomic E-state index is 4.60. The molecular formula is C11H15N4S+. The largest absolute Gasteiger partial charge is 0.380 e. The Morgan fingerprint density at radius 3 is 3.19 bits per heavy atom. The Balaban J connectivity index is 1.98. The van der Waals surface area contributed by atoms with Crippen molar-refractivity contribution >= 4 is 17.2 Å².